The van der Waals surface area contributed by atoms with Crippen LogP contribution >= 0.6 is 0 Å². The average Bonchev–Trinajstić information content (AvgIpc) is 2.20. The number of hydrogen-bond acceptors (Lipinski definition) is 2. The molecule has 0 aliphatic rings. The van der Waals surface area contributed by atoms with Gasteiger partial charge >= 0.3 is 0 Å². The van der Waals surface area contributed by atoms with Crippen molar-refractivity contribution in [3.63, 3.8) is 0 Å². The Hall–Kier alpha value is -1.16. The van der Waals surface area contributed by atoms with Crippen molar-refractivity contribution >= 4 is 5.69 Å². The Morgan fingerprint density at radius 3 is 2.60 bits per heavy atom. The second-order valence-corrected chi connectivity index (χ2v) is 3.44. The monoisotopic (exact) mass is 215 g/mol. The van der Waals surface area contributed by atoms with Crippen LogP contribution in [0, 0.1) is 18.6 Å². The summed E-state index contributed by atoms with van der Waals surface area (Å²) in [7, 11) is 0. The molecule has 2 nitrogen and oxygen atoms in total. The lowest BCUT2D eigenvalue weighted by Gasteiger charge is -2.08. The minimum Gasteiger partial charge on any atom is -0.396 e. The molecule has 0 bridgehead atoms. The molecule has 1 aromatic rings. The molecule has 0 saturated heterocycles. The van der Waals surface area contributed by atoms with E-state index in [0.29, 0.717) is 18.5 Å². The van der Waals surface area contributed by atoms with Gasteiger partial charge in [0.1, 0.15) is 11.6 Å². The van der Waals surface area contributed by atoms with Gasteiger partial charge in [-0.3, -0.25) is 0 Å². The summed E-state index contributed by atoms with van der Waals surface area (Å²) in [5, 5.41) is 11.3. The smallest absolute Gasteiger partial charge is 0.146 e. The quantitative estimate of drug-likeness (QED) is 0.739. The maximum atomic E-state index is 13.3. The fraction of sp³-hybridized carbons (Fsp3) is 0.455. The van der Waals surface area contributed by atoms with E-state index in [1.807, 2.05) is 0 Å². The van der Waals surface area contributed by atoms with Crippen LogP contribution in [0.25, 0.3) is 0 Å². The maximum absolute atomic E-state index is 13.3. The summed E-state index contributed by atoms with van der Waals surface area (Å²) in [5.74, 6) is -0.862. The topological polar surface area (TPSA) is 32.3 Å². The average molecular weight is 215 g/mol. The molecule has 0 heterocycles. The molecule has 0 radical (unpaired) electrons. The van der Waals surface area contributed by atoms with Gasteiger partial charge in [-0.05, 0) is 31.4 Å². The van der Waals surface area contributed by atoms with Crippen molar-refractivity contribution in [2.45, 2.75) is 19.8 Å². The number of nitrogens with one attached hydrogen (secondary N) is 1. The number of hydrogen-bond donors (Lipinski definition) is 2. The molecule has 1 aromatic carbocycles. The van der Waals surface area contributed by atoms with E-state index in [9.17, 15) is 8.78 Å². The van der Waals surface area contributed by atoms with Crippen LogP contribution in [0.15, 0.2) is 12.1 Å². The van der Waals surface area contributed by atoms with Gasteiger partial charge in [0.05, 0.1) is 5.69 Å². The Kier molecular flexibility index (Phi) is 4.49. The molecule has 0 amide bonds. The van der Waals surface area contributed by atoms with Gasteiger partial charge in [0.2, 0.25) is 0 Å². The highest BCUT2D eigenvalue weighted by molar-refractivity contribution is 5.46. The van der Waals surface area contributed by atoms with E-state index in [0.717, 1.165) is 12.5 Å². The molecule has 0 fully saturated rings. The third-order valence-electron chi connectivity index (χ3n) is 2.15. The number of halogens is 2. The molecule has 0 unspecified atom stereocenters. The van der Waals surface area contributed by atoms with E-state index in [1.54, 1.807) is 0 Å². The van der Waals surface area contributed by atoms with E-state index in [1.165, 1.54) is 13.0 Å². The zero-order valence-electron chi connectivity index (χ0n) is 8.69. The highest BCUT2D eigenvalue weighted by Crippen LogP contribution is 2.18. The van der Waals surface area contributed by atoms with Crippen LogP contribution in [-0.2, 0) is 0 Å². The number of rotatable bonds is 5. The van der Waals surface area contributed by atoms with Gasteiger partial charge in [-0.15, -0.1) is 0 Å². The zero-order chi connectivity index (χ0) is 11.3. The fourth-order valence-corrected chi connectivity index (χ4v) is 1.24. The predicted octanol–water partition coefficient (Wildman–Crippen LogP) is 2.46. The van der Waals surface area contributed by atoms with Crippen molar-refractivity contribution in [1.82, 2.24) is 0 Å². The highest BCUT2D eigenvalue weighted by Gasteiger charge is 2.06. The van der Waals surface area contributed by atoms with Gasteiger partial charge in [-0.2, -0.15) is 0 Å². The molecule has 0 aliphatic carbocycles. The Balaban J connectivity index is 2.57. The summed E-state index contributed by atoms with van der Waals surface area (Å²) in [4.78, 5) is 0. The van der Waals surface area contributed by atoms with Gasteiger partial charge in [-0.1, -0.05) is 0 Å². The maximum Gasteiger partial charge on any atom is 0.146 e. The second-order valence-electron chi connectivity index (χ2n) is 3.44. The summed E-state index contributed by atoms with van der Waals surface area (Å²) in [6.45, 7) is 2.17. The zero-order valence-corrected chi connectivity index (χ0v) is 8.69. The fourth-order valence-electron chi connectivity index (χ4n) is 1.24. The first kappa shape index (κ1) is 11.9. The number of aryl methyl sites for hydroxylation is 1. The van der Waals surface area contributed by atoms with Crippen molar-refractivity contribution < 1.29 is 13.9 Å². The number of aliphatic hydroxyl groups excluding tert-OH is 1. The molecule has 0 aromatic heterocycles. The Bertz CT molecular complexity index is 329. The highest BCUT2D eigenvalue weighted by atomic mass is 19.1. The van der Waals surface area contributed by atoms with Crippen LogP contribution in [0.2, 0.25) is 0 Å². The third-order valence-corrected chi connectivity index (χ3v) is 2.15. The summed E-state index contributed by atoms with van der Waals surface area (Å²) < 4.78 is 26.3. The first-order chi connectivity index (χ1) is 7.15. The van der Waals surface area contributed by atoms with Gasteiger partial charge in [0, 0.05) is 19.2 Å². The van der Waals surface area contributed by atoms with Crippen LogP contribution in [0.5, 0.6) is 0 Å². The molecule has 0 aliphatic heterocycles. The lowest BCUT2D eigenvalue weighted by Crippen LogP contribution is -2.05. The van der Waals surface area contributed by atoms with E-state index in [2.05, 4.69) is 5.32 Å². The molecule has 84 valence electrons. The van der Waals surface area contributed by atoms with Crippen molar-refractivity contribution in [2.24, 2.45) is 0 Å². The molecule has 15 heavy (non-hydrogen) atoms. The van der Waals surface area contributed by atoms with Crippen LogP contribution in [0.1, 0.15) is 18.4 Å². The molecule has 0 spiro atoms. The summed E-state index contributed by atoms with van der Waals surface area (Å²) in [6, 6.07) is 2.33. The van der Waals surface area contributed by atoms with Crippen molar-refractivity contribution in [3.05, 3.63) is 29.3 Å². The Morgan fingerprint density at radius 1 is 1.20 bits per heavy atom. The SMILES string of the molecule is Cc1cc(F)c(NCCCCO)cc1F. The van der Waals surface area contributed by atoms with E-state index in [4.69, 9.17) is 5.11 Å². The number of anilines is 1. The minimum absolute atomic E-state index is 0.117. The minimum atomic E-state index is -0.446. The molecule has 0 saturated carbocycles. The Morgan fingerprint density at radius 2 is 1.93 bits per heavy atom. The molecular weight excluding hydrogens is 200 g/mol. The van der Waals surface area contributed by atoms with Gasteiger partial charge in [0.15, 0.2) is 0 Å². The lowest BCUT2D eigenvalue weighted by molar-refractivity contribution is 0.286. The van der Waals surface area contributed by atoms with Crippen molar-refractivity contribution in [1.29, 1.82) is 0 Å². The molecule has 2 N–H and O–H groups in total. The number of unbranched alkanes of at least 4 members (excludes halogenated alkanes) is 1. The van der Waals surface area contributed by atoms with E-state index < -0.39 is 11.6 Å². The van der Waals surface area contributed by atoms with E-state index in [-0.39, 0.29) is 12.3 Å². The van der Waals surface area contributed by atoms with Gasteiger partial charge in [-0.25, -0.2) is 8.78 Å². The molecule has 1 rings (SSSR count). The van der Waals surface area contributed by atoms with Crippen LogP contribution < -0.4 is 5.32 Å². The van der Waals surface area contributed by atoms with Gasteiger partial charge in [0.25, 0.3) is 0 Å². The molecule has 0 atom stereocenters. The number of aliphatic hydroxyl groups is 1. The lowest BCUT2D eigenvalue weighted by atomic mass is 10.2. The van der Waals surface area contributed by atoms with E-state index >= 15 is 0 Å². The normalized spacial score (nSPS) is 10.4. The largest absolute Gasteiger partial charge is 0.396 e. The molecule has 4 heteroatoms. The Labute approximate surface area is 87.9 Å². The first-order valence-electron chi connectivity index (χ1n) is 4.95. The summed E-state index contributed by atoms with van der Waals surface area (Å²) in [5.41, 5.74) is 0.476. The third kappa shape index (κ3) is 3.47. The van der Waals surface area contributed by atoms with Gasteiger partial charge < -0.3 is 10.4 Å². The van der Waals surface area contributed by atoms with Crippen molar-refractivity contribution in [2.75, 3.05) is 18.5 Å². The van der Waals surface area contributed by atoms with Crippen LogP contribution in [-0.4, -0.2) is 18.3 Å². The number of benzene rings is 1. The van der Waals surface area contributed by atoms with Crippen LogP contribution in [0.3, 0.4) is 0 Å². The second kappa shape index (κ2) is 5.66. The summed E-state index contributed by atoms with van der Waals surface area (Å²) >= 11 is 0. The summed E-state index contributed by atoms with van der Waals surface area (Å²) in [6.07, 6.45) is 1.38. The molecular formula is C11H15F2NO. The standard InChI is InChI=1S/C11H15F2NO/c1-8-6-10(13)11(7-9(8)12)14-4-2-3-5-15/h6-7,14-15H,2-5H2,1H3. The first-order valence-corrected chi connectivity index (χ1v) is 4.95. The van der Waals surface area contributed by atoms with Crippen molar-refractivity contribution in [3.8, 4) is 0 Å². The van der Waals surface area contributed by atoms with Crippen LogP contribution in [0.4, 0.5) is 14.5 Å². The predicted molar refractivity (Wildman–Crippen MR) is 55.9 cm³/mol.